The van der Waals surface area contributed by atoms with Gasteiger partial charge in [-0.25, -0.2) is 4.39 Å². The van der Waals surface area contributed by atoms with Gasteiger partial charge in [-0.05, 0) is 45.0 Å². The van der Waals surface area contributed by atoms with E-state index in [1.165, 1.54) is 12.1 Å². The number of aliphatic hydroxyl groups is 1. The van der Waals surface area contributed by atoms with E-state index in [1.54, 1.807) is 12.1 Å². The third kappa shape index (κ3) is 5.39. The van der Waals surface area contributed by atoms with E-state index in [2.05, 4.69) is 4.90 Å². The van der Waals surface area contributed by atoms with Crippen molar-refractivity contribution in [2.24, 2.45) is 5.92 Å². The maximum Gasteiger partial charge on any atom is 0.169 e. The molecular formula is C16H24FNO2. The lowest BCUT2D eigenvalue weighted by molar-refractivity contribution is 0.0898. The van der Waals surface area contributed by atoms with Crippen LogP contribution in [0.15, 0.2) is 24.3 Å². The Bertz CT molecular complexity index is 423. The quantitative estimate of drug-likeness (QED) is 0.559. The minimum atomic E-state index is -0.449. The number of aliphatic hydroxyl groups excluding tert-OH is 1. The fraction of sp³-hybridized carbons (Fsp3) is 0.562. The summed E-state index contributed by atoms with van der Waals surface area (Å²) < 4.78 is 13.6. The highest BCUT2D eigenvalue weighted by molar-refractivity contribution is 5.98. The first-order valence-electron chi connectivity index (χ1n) is 7.14. The van der Waals surface area contributed by atoms with Crippen molar-refractivity contribution in [1.82, 2.24) is 4.90 Å². The van der Waals surface area contributed by atoms with Gasteiger partial charge >= 0.3 is 0 Å². The molecule has 1 aromatic rings. The Hall–Kier alpha value is -1.26. The maximum absolute atomic E-state index is 13.6. The molecule has 0 aliphatic carbocycles. The molecule has 0 heterocycles. The number of benzene rings is 1. The van der Waals surface area contributed by atoms with Crippen molar-refractivity contribution in [3.05, 3.63) is 35.6 Å². The van der Waals surface area contributed by atoms with Crippen LogP contribution in [-0.2, 0) is 0 Å². The lowest BCUT2D eigenvalue weighted by Gasteiger charge is -2.20. The zero-order valence-electron chi connectivity index (χ0n) is 12.3. The number of carbonyl (C=O) groups is 1. The zero-order valence-corrected chi connectivity index (χ0v) is 12.3. The number of hydrogen-bond donors (Lipinski definition) is 1. The highest BCUT2D eigenvalue weighted by Gasteiger charge is 2.19. The minimum absolute atomic E-state index is 0.148. The summed E-state index contributed by atoms with van der Waals surface area (Å²) in [5.41, 5.74) is 0.175. The minimum Gasteiger partial charge on any atom is -0.396 e. The smallest absolute Gasteiger partial charge is 0.169 e. The van der Waals surface area contributed by atoms with Gasteiger partial charge in [0, 0.05) is 19.1 Å². The van der Waals surface area contributed by atoms with E-state index in [0.717, 1.165) is 25.8 Å². The molecule has 0 radical (unpaired) electrons. The lowest BCUT2D eigenvalue weighted by atomic mass is 9.98. The van der Waals surface area contributed by atoms with Gasteiger partial charge in [0.25, 0.3) is 0 Å². The summed E-state index contributed by atoms with van der Waals surface area (Å²) in [6.07, 6.45) is 2.80. The average Bonchev–Trinajstić information content (AvgIpc) is 2.43. The van der Waals surface area contributed by atoms with Gasteiger partial charge in [0.15, 0.2) is 5.78 Å². The summed E-state index contributed by atoms with van der Waals surface area (Å²) in [4.78, 5) is 14.3. The molecule has 0 aromatic heterocycles. The molecule has 3 nitrogen and oxygen atoms in total. The molecule has 0 fully saturated rings. The first-order chi connectivity index (χ1) is 9.56. The van der Waals surface area contributed by atoms with Gasteiger partial charge in [0.2, 0.25) is 0 Å². The monoisotopic (exact) mass is 281 g/mol. The van der Waals surface area contributed by atoms with Crippen LogP contribution in [0.2, 0.25) is 0 Å². The van der Waals surface area contributed by atoms with Crippen molar-refractivity contribution in [3.8, 4) is 0 Å². The molecule has 20 heavy (non-hydrogen) atoms. The van der Waals surface area contributed by atoms with Crippen molar-refractivity contribution < 1.29 is 14.3 Å². The molecule has 4 heteroatoms. The summed E-state index contributed by atoms with van der Waals surface area (Å²) >= 11 is 0. The zero-order chi connectivity index (χ0) is 15.0. The van der Waals surface area contributed by atoms with Crippen LogP contribution < -0.4 is 0 Å². The van der Waals surface area contributed by atoms with E-state index in [1.807, 2.05) is 14.0 Å². The summed E-state index contributed by atoms with van der Waals surface area (Å²) in [5, 5.41) is 8.71. The van der Waals surface area contributed by atoms with Crippen LogP contribution in [0.25, 0.3) is 0 Å². The Kier molecular flexibility index (Phi) is 7.41. The number of hydrogen-bond acceptors (Lipinski definition) is 3. The van der Waals surface area contributed by atoms with Gasteiger partial charge in [-0.15, -0.1) is 0 Å². The Morgan fingerprint density at radius 1 is 1.30 bits per heavy atom. The predicted molar refractivity (Wildman–Crippen MR) is 78.3 cm³/mol. The van der Waals surface area contributed by atoms with Gasteiger partial charge in [0.05, 0.1) is 5.56 Å². The van der Waals surface area contributed by atoms with Crippen molar-refractivity contribution in [3.63, 3.8) is 0 Å². The number of carbonyl (C=O) groups excluding carboxylic acids is 1. The van der Waals surface area contributed by atoms with Crippen LogP contribution >= 0.6 is 0 Å². The summed E-state index contributed by atoms with van der Waals surface area (Å²) in [7, 11) is 1.96. The van der Waals surface area contributed by atoms with Crippen LogP contribution in [0.4, 0.5) is 4.39 Å². The average molecular weight is 281 g/mol. The molecule has 1 rings (SSSR count). The molecule has 0 aliphatic heterocycles. The van der Waals surface area contributed by atoms with E-state index in [9.17, 15) is 9.18 Å². The number of rotatable bonds is 9. The van der Waals surface area contributed by atoms with Crippen molar-refractivity contribution in [1.29, 1.82) is 0 Å². The summed E-state index contributed by atoms with van der Waals surface area (Å²) in [6.45, 7) is 3.56. The van der Waals surface area contributed by atoms with Gasteiger partial charge in [-0.3, -0.25) is 4.79 Å². The molecule has 0 bridgehead atoms. The van der Waals surface area contributed by atoms with Gasteiger partial charge in [0.1, 0.15) is 5.82 Å². The third-order valence-electron chi connectivity index (χ3n) is 3.37. The second-order valence-electron chi connectivity index (χ2n) is 5.29. The van der Waals surface area contributed by atoms with E-state index >= 15 is 0 Å². The van der Waals surface area contributed by atoms with Crippen molar-refractivity contribution in [2.45, 2.75) is 26.2 Å². The Labute approximate surface area is 120 Å². The van der Waals surface area contributed by atoms with E-state index in [4.69, 9.17) is 5.11 Å². The first kappa shape index (κ1) is 16.8. The van der Waals surface area contributed by atoms with E-state index in [0.29, 0.717) is 6.54 Å². The van der Waals surface area contributed by atoms with Crippen LogP contribution in [0, 0.1) is 11.7 Å². The Balaban J connectivity index is 2.44. The number of halogens is 1. The molecule has 0 amide bonds. The standard InChI is InChI=1S/C16H24FNO2/c1-13(12-18(2)10-6-3-7-11-19)16(20)14-8-4-5-9-15(14)17/h4-5,8-9,13,19H,3,6-7,10-12H2,1-2H3. The molecule has 112 valence electrons. The van der Waals surface area contributed by atoms with Crippen LogP contribution in [-0.4, -0.2) is 42.5 Å². The Morgan fingerprint density at radius 2 is 2.00 bits per heavy atom. The number of Topliss-reactive ketones (excluding diaryl/α,β-unsaturated/α-hetero) is 1. The molecule has 1 unspecified atom stereocenters. The highest BCUT2D eigenvalue weighted by Crippen LogP contribution is 2.13. The normalized spacial score (nSPS) is 12.7. The van der Waals surface area contributed by atoms with Crippen molar-refractivity contribution in [2.75, 3.05) is 26.7 Å². The summed E-state index contributed by atoms with van der Waals surface area (Å²) in [6, 6.07) is 6.12. The molecular weight excluding hydrogens is 257 g/mol. The lowest BCUT2D eigenvalue weighted by Crippen LogP contribution is -2.30. The SMILES string of the molecule is CC(CN(C)CCCCCO)C(=O)c1ccccc1F. The highest BCUT2D eigenvalue weighted by atomic mass is 19.1. The van der Waals surface area contributed by atoms with Gasteiger partial charge in [-0.2, -0.15) is 0 Å². The summed E-state index contributed by atoms with van der Waals surface area (Å²) in [5.74, 6) is -0.824. The van der Waals surface area contributed by atoms with Gasteiger partial charge in [-0.1, -0.05) is 19.1 Å². The largest absolute Gasteiger partial charge is 0.396 e. The molecule has 1 aromatic carbocycles. The first-order valence-corrected chi connectivity index (χ1v) is 7.14. The number of nitrogens with zero attached hydrogens (tertiary/aromatic N) is 1. The Morgan fingerprint density at radius 3 is 2.65 bits per heavy atom. The van der Waals surface area contributed by atoms with E-state index < -0.39 is 5.82 Å². The number of ketones is 1. The topological polar surface area (TPSA) is 40.5 Å². The predicted octanol–water partition coefficient (Wildman–Crippen LogP) is 2.74. The molecule has 0 saturated heterocycles. The fourth-order valence-electron chi connectivity index (χ4n) is 2.24. The van der Waals surface area contributed by atoms with Crippen molar-refractivity contribution >= 4 is 5.78 Å². The van der Waals surface area contributed by atoms with Crippen LogP contribution in [0.1, 0.15) is 36.5 Å². The van der Waals surface area contributed by atoms with Gasteiger partial charge < -0.3 is 10.0 Å². The molecule has 1 N–H and O–H groups in total. The second-order valence-corrected chi connectivity index (χ2v) is 5.29. The fourth-order valence-corrected chi connectivity index (χ4v) is 2.24. The second kappa shape index (κ2) is 8.82. The molecule has 1 atom stereocenters. The molecule has 0 saturated carbocycles. The van der Waals surface area contributed by atoms with Crippen LogP contribution in [0.5, 0.6) is 0 Å². The van der Waals surface area contributed by atoms with Crippen LogP contribution in [0.3, 0.4) is 0 Å². The third-order valence-corrected chi connectivity index (χ3v) is 3.37. The number of unbranched alkanes of at least 4 members (excludes halogenated alkanes) is 2. The molecule has 0 spiro atoms. The van der Waals surface area contributed by atoms with E-state index in [-0.39, 0.29) is 23.9 Å². The maximum atomic E-state index is 13.6. The molecule has 0 aliphatic rings.